The molecule has 2 aliphatic carbocycles. The molecular formula is C36H44N2O3. The molecule has 2 N–H and O–H groups in total. The predicted molar refractivity (Wildman–Crippen MR) is 165 cm³/mol. The van der Waals surface area contributed by atoms with Crippen molar-refractivity contribution in [3.8, 4) is 22.6 Å². The highest BCUT2D eigenvalue weighted by Crippen LogP contribution is 2.52. The van der Waals surface area contributed by atoms with Crippen LogP contribution in [0.3, 0.4) is 0 Å². The Labute approximate surface area is 244 Å². The van der Waals surface area contributed by atoms with E-state index in [-0.39, 0.29) is 23.2 Å². The highest BCUT2D eigenvalue weighted by Gasteiger charge is 2.50. The van der Waals surface area contributed by atoms with Crippen LogP contribution in [0.15, 0.2) is 60.7 Å². The number of aromatic hydroxyl groups is 1. The lowest BCUT2D eigenvalue weighted by molar-refractivity contribution is 0.0271. The van der Waals surface area contributed by atoms with Gasteiger partial charge in [-0.2, -0.15) is 0 Å². The Kier molecular flexibility index (Phi) is 7.58. The van der Waals surface area contributed by atoms with Gasteiger partial charge in [0.15, 0.2) is 0 Å². The van der Waals surface area contributed by atoms with Crippen molar-refractivity contribution in [2.75, 3.05) is 19.6 Å². The molecular weight excluding hydrogens is 508 g/mol. The molecule has 5 nitrogen and oxygen atoms in total. The van der Waals surface area contributed by atoms with Crippen LogP contribution in [0.2, 0.25) is 0 Å². The summed E-state index contributed by atoms with van der Waals surface area (Å²) < 4.78 is 5.84. The molecule has 3 aliphatic rings. The summed E-state index contributed by atoms with van der Waals surface area (Å²) in [6.45, 7) is 11.5. The van der Waals surface area contributed by atoms with Crippen molar-refractivity contribution < 1.29 is 14.6 Å². The summed E-state index contributed by atoms with van der Waals surface area (Å²) in [6.07, 6.45) is 5.59. The SMILES string of the molecule is CC(C)Oc1cccc(-c2ccc(CCNC(=O)c3ccc4c(c3O)C3(C)CCN(CC5CC5)C(C4)C3C)cc2)c1. The maximum absolute atomic E-state index is 13.2. The average Bonchev–Trinajstić information content (AvgIpc) is 3.76. The van der Waals surface area contributed by atoms with E-state index in [0.717, 1.165) is 59.7 Å². The highest BCUT2D eigenvalue weighted by atomic mass is 16.5. The summed E-state index contributed by atoms with van der Waals surface area (Å²) in [7, 11) is 0. The molecule has 1 saturated heterocycles. The lowest BCUT2D eigenvalue weighted by atomic mass is 9.58. The minimum absolute atomic E-state index is 0.110. The highest BCUT2D eigenvalue weighted by molar-refractivity contribution is 5.97. The second-order valence-corrected chi connectivity index (χ2v) is 13.1. The molecule has 3 aromatic rings. The van der Waals surface area contributed by atoms with Gasteiger partial charge in [0.2, 0.25) is 0 Å². The molecule has 1 amide bonds. The number of phenolic OH excluding ortho intramolecular Hbond substituents is 1. The number of nitrogens with zero attached hydrogens (tertiary/aromatic N) is 1. The second kappa shape index (κ2) is 11.2. The third-order valence-electron chi connectivity index (χ3n) is 9.86. The lowest BCUT2D eigenvalue weighted by Crippen LogP contribution is -2.58. The number of hydrogen-bond acceptors (Lipinski definition) is 4. The molecule has 216 valence electrons. The molecule has 1 saturated carbocycles. The number of fused-ring (bicyclic) bond motifs is 4. The van der Waals surface area contributed by atoms with Crippen LogP contribution in [-0.2, 0) is 18.3 Å². The molecule has 0 radical (unpaired) electrons. The van der Waals surface area contributed by atoms with Crippen molar-refractivity contribution in [2.45, 2.75) is 77.4 Å². The number of nitrogens with one attached hydrogen (secondary N) is 1. The number of carbonyl (C=O) groups is 1. The van der Waals surface area contributed by atoms with Crippen LogP contribution < -0.4 is 10.1 Å². The maximum atomic E-state index is 13.2. The van der Waals surface area contributed by atoms with Crippen molar-refractivity contribution in [1.29, 1.82) is 0 Å². The molecule has 3 aromatic carbocycles. The van der Waals surface area contributed by atoms with Gasteiger partial charge in [0.05, 0.1) is 11.7 Å². The van der Waals surface area contributed by atoms with Gasteiger partial charge in [0.25, 0.3) is 5.91 Å². The van der Waals surface area contributed by atoms with Crippen LogP contribution in [0.4, 0.5) is 0 Å². The molecule has 1 aliphatic heterocycles. The summed E-state index contributed by atoms with van der Waals surface area (Å²) in [5.41, 5.74) is 5.92. The number of phenols is 1. The predicted octanol–water partition coefficient (Wildman–Crippen LogP) is 6.75. The van der Waals surface area contributed by atoms with Gasteiger partial charge in [-0.05, 0) is 105 Å². The fraction of sp³-hybridized carbons (Fsp3) is 0.472. The molecule has 0 spiro atoms. The molecule has 3 unspecified atom stereocenters. The Balaban J connectivity index is 1.10. The summed E-state index contributed by atoms with van der Waals surface area (Å²) in [6, 6.07) is 21.1. The number of amides is 1. The molecule has 2 bridgehead atoms. The number of ether oxygens (including phenoxy) is 1. The van der Waals surface area contributed by atoms with Gasteiger partial charge < -0.3 is 15.2 Å². The first-order chi connectivity index (χ1) is 19.7. The minimum Gasteiger partial charge on any atom is -0.507 e. The van der Waals surface area contributed by atoms with Crippen LogP contribution >= 0.6 is 0 Å². The fourth-order valence-corrected chi connectivity index (χ4v) is 7.18. The van der Waals surface area contributed by atoms with Crippen LogP contribution in [-0.4, -0.2) is 47.7 Å². The number of likely N-dealkylation sites (tertiary alicyclic amines) is 1. The standard InChI is InChI=1S/C36H44N2O3/c1-23(2)41-30-7-5-6-28(20-30)27-12-10-25(11-13-27)16-18-37-35(40)31-15-14-29-21-32-24(3)36(4,33(29)34(31)39)17-19-38(32)22-26-8-9-26/h5-7,10-15,20,23-24,26,32,39H,8-9,16-19,21-22H2,1-4H3,(H,37,40). The van der Waals surface area contributed by atoms with Gasteiger partial charge in [-0.3, -0.25) is 9.69 Å². The van der Waals surface area contributed by atoms with Crippen LogP contribution in [0.25, 0.3) is 11.1 Å². The quantitative estimate of drug-likeness (QED) is 0.308. The maximum Gasteiger partial charge on any atom is 0.255 e. The van der Waals surface area contributed by atoms with Gasteiger partial charge in [0, 0.05) is 30.1 Å². The number of benzene rings is 3. The lowest BCUT2D eigenvalue weighted by Gasteiger charge is -2.55. The van der Waals surface area contributed by atoms with E-state index < -0.39 is 0 Å². The van der Waals surface area contributed by atoms with E-state index in [9.17, 15) is 9.90 Å². The number of rotatable bonds is 9. The molecule has 0 aromatic heterocycles. The number of hydrogen-bond donors (Lipinski definition) is 2. The van der Waals surface area contributed by atoms with Crippen molar-refractivity contribution in [3.05, 3.63) is 82.9 Å². The van der Waals surface area contributed by atoms with E-state index in [1.807, 2.05) is 32.0 Å². The average molecular weight is 553 g/mol. The van der Waals surface area contributed by atoms with Gasteiger partial charge >= 0.3 is 0 Å². The van der Waals surface area contributed by atoms with Gasteiger partial charge in [0.1, 0.15) is 11.5 Å². The summed E-state index contributed by atoms with van der Waals surface area (Å²) in [5, 5.41) is 14.5. The topological polar surface area (TPSA) is 61.8 Å². The zero-order chi connectivity index (χ0) is 28.7. The molecule has 1 heterocycles. The fourth-order valence-electron chi connectivity index (χ4n) is 7.18. The Morgan fingerprint density at radius 3 is 2.61 bits per heavy atom. The largest absolute Gasteiger partial charge is 0.507 e. The van der Waals surface area contributed by atoms with Crippen molar-refractivity contribution in [2.24, 2.45) is 11.8 Å². The van der Waals surface area contributed by atoms with E-state index >= 15 is 0 Å². The van der Waals surface area contributed by atoms with Gasteiger partial charge in [-0.25, -0.2) is 0 Å². The Bertz CT molecular complexity index is 1410. The summed E-state index contributed by atoms with van der Waals surface area (Å²) in [4.78, 5) is 15.9. The van der Waals surface area contributed by atoms with E-state index in [2.05, 4.69) is 66.5 Å². The van der Waals surface area contributed by atoms with E-state index in [1.165, 1.54) is 24.9 Å². The van der Waals surface area contributed by atoms with Crippen LogP contribution in [0.1, 0.15) is 74.0 Å². The molecule has 5 heteroatoms. The Morgan fingerprint density at radius 2 is 1.88 bits per heavy atom. The monoisotopic (exact) mass is 552 g/mol. The molecule has 3 atom stereocenters. The second-order valence-electron chi connectivity index (χ2n) is 13.1. The van der Waals surface area contributed by atoms with Crippen molar-refractivity contribution >= 4 is 5.91 Å². The number of piperidine rings is 1. The summed E-state index contributed by atoms with van der Waals surface area (Å²) in [5.74, 6) is 2.19. The van der Waals surface area contributed by atoms with Crippen molar-refractivity contribution in [3.63, 3.8) is 0 Å². The van der Waals surface area contributed by atoms with Gasteiger partial charge in [-0.15, -0.1) is 0 Å². The smallest absolute Gasteiger partial charge is 0.255 e. The molecule has 2 fully saturated rings. The van der Waals surface area contributed by atoms with Gasteiger partial charge in [-0.1, -0.05) is 56.3 Å². The van der Waals surface area contributed by atoms with Crippen LogP contribution in [0.5, 0.6) is 11.5 Å². The molecule has 6 rings (SSSR count). The Morgan fingerprint density at radius 1 is 1.10 bits per heavy atom. The first kappa shape index (κ1) is 27.8. The van der Waals surface area contributed by atoms with Crippen LogP contribution in [0, 0.1) is 11.8 Å². The van der Waals surface area contributed by atoms with E-state index in [1.54, 1.807) is 0 Å². The summed E-state index contributed by atoms with van der Waals surface area (Å²) >= 11 is 0. The zero-order valence-corrected chi connectivity index (χ0v) is 25.0. The van der Waals surface area contributed by atoms with Crippen molar-refractivity contribution in [1.82, 2.24) is 10.2 Å². The van der Waals surface area contributed by atoms with E-state index in [4.69, 9.17) is 4.74 Å². The third-order valence-corrected chi connectivity index (χ3v) is 9.86. The van der Waals surface area contributed by atoms with E-state index in [0.29, 0.717) is 24.1 Å². The molecule has 41 heavy (non-hydrogen) atoms. The minimum atomic E-state index is -0.201. The first-order valence-electron chi connectivity index (χ1n) is 15.5. The normalized spacial score (nSPS) is 23.7. The third kappa shape index (κ3) is 5.61. The zero-order valence-electron chi connectivity index (χ0n) is 25.0. The first-order valence-corrected chi connectivity index (χ1v) is 15.5. The Hall–Kier alpha value is -3.31. The number of carbonyl (C=O) groups excluding carboxylic acids is 1.